The lowest BCUT2D eigenvalue weighted by molar-refractivity contribution is 0.0735. The van der Waals surface area contributed by atoms with E-state index in [9.17, 15) is 4.79 Å². The summed E-state index contributed by atoms with van der Waals surface area (Å²) in [5, 5.41) is 6.74. The van der Waals surface area contributed by atoms with Gasteiger partial charge in [-0.25, -0.2) is 9.31 Å². The van der Waals surface area contributed by atoms with Crippen LogP contribution in [0.3, 0.4) is 0 Å². The van der Waals surface area contributed by atoms with E-state index in [1.54, 1.807) is 18.2 Å². The molecule has 0 saturated carbocycles. The van der Waals surface area contributed by atoms with Gasteiger partial charge in [-0.05, 0) is 31.2 Å². The number of rotatable bonds is 4. The first-order valence-electron chi connectivity index (χ1n) is 9.47. The molecule has 0 aliphatic rings. The van der Waals surface area contributed by atoms with E-state index in [0.717, 1.165) is 21.8 Å². The lowest BCUT2D eigenvalue weighted by Gasteiger charge is -2.08. The van der Waals surface area contributed by atoms with E-state index in [1.807, 2.05) is 77.5 Å². The lowest BCUT2D eigenvalue weighted by Crippen LogP contribution is -2.09. The van der Waals surface area contributed by atoms with Gasteiger partial charge in [0.15, 0.2) is 5.82 Å². The van der Waals surface area contributed by atoms with Crippen molar-refractivity contribution < 1.29 is 9.53 Å². The van der Waals surface area contributed by atoms with Crippen LogP contribution in [0.25, 0.3) is 27.6 Å². The molecule has 2 heterocycles. The van der Waals surface area contributed by atoms with Gasteiger partial charge in [0.05, 0.1) is 16.8 Å². The van der Waals surface area contributed by atoms with Crippen LogP contribution in [-0.4, -0.2) is 20.6 Å². The van der Waals surface area contributed by atoms with Crippen LogP contribution >= 0.6 is 11.3 Å². The first-order chi connectivity index (χ1) is 14.7. The summed E-state index contributed by atoms with van der Waals surface area (Å²) in [5.41, 5.74) is 4.31. The molecule has 0 aliphatic carbocycles. The molecule has 0 N–H and O–H groups in total. The zero-order valence-corrected chi connectivity index (χ0v) is 17.0. The van der Waals surface area contributed by atoms with Crippen molar-refractivity contribution in [1.29, 1.82) is 0 Å². The summed E-state index contributed by atoms with van der Waals surface area (Å²) in [7, 11) is 0. The molecule has 0 radical (unpaired) electrons. The Morgan fingerprint density at radius 3 is 2.47 bits per heavy atom. The number of aryl methyl sites for hydroxylation is 1. The molecule has 0 bridgehead atoms. The predicted octanol–water partition coefficient (Wildman–Crippen LogP) is 5.65. The number of aromatic nitrogens is 3. The minimum atomic E-state index is -0.409. The van der Waals surface area contributed by atoms with Crippen LogP contribution in [-0.2, 0) is 0 Å². The van der Waals surface area contributed by atoms with Crippen molar-refractivity contribution in [3.63, 3.8) is 0 Å². The number of carbonyl (C=O) groups excluding carboxylic acids is 1. The Morgan fingerprint density at radius 2 is 1.67 bits per heavy atom. The largest absolute Gasteiger partial charge is 0.422 e. The van der Waals surface area contributed by atoms with Gasteiger partial charge < -0.3 is 4.74 Å². The number of nitrogens with zero attached hydrogens (tertiary/aromatic N) is 3. The quantitative estimate of drug-likeness (QED) is 0.283. The first-order valence-corrected chi connectivity index (χ1v) is 10.3. The fourth-order valence-corrected chi connectivity index (χ4v) is 4.02. The molecule has 5 aromatic rings. The van der Waals surface area contributed by atoms with Gasteiger partial charge >= 0.3 is 5.97 Å². The summed E-state index contributed by atoms with van der Waals surface area (Å²) >= 11 is 1.52. The molecule has 0 saturated heterocycles. The molecule has 3 aromatic carbocycles. The SMILES string of the molecule is Cc1ccc(C(=O)Oc2ccccc2-c2nc3scc(-c4ccccc4)n3n2)cc1. The Bertz CT molecular complexity index is 1340. The van der Waals surface area contributed by atoms with Crippen LogP contribution < -0.4 is 4.74 Å². The van der Waals surface area contributed by atoms with Crippen molar-refractivity contribution in [2.24, 2.45) is 0 Å². The second-order valence-corrected chi connectivity index (χ2v) is 7.71. The number of para-hydroxylation sites is 1. The molecule has 0 aliphatic heterocycles. The summed E-state index contributed by atoms with van der Waals surface area (Å²) in [4.78, 5) is 18.0. The van der Waals surface area contributed by atoms with E-state index in [0.29, 0.717) is 22.7 Å². The van der Waals surface area contributed by atoms with Gasteiger partial charge in [0.25, 0.3) is 0 Å². The molecule has 30 heavy (non-hydrogen) atoms. The molecule has 146 valence electrons. The van der Waals surface area contributed by atoms with Crippen LogP contribution in [0.1, 0.15) is 15.9 Å². The van der Waals surface area contributed by atoms with Gasteiger partial charge in [-0.1, -0.05) is 60.2 Å². The Balaban J connectivity index is 1.51. The first kappa shape index (κ1) is 18.3. The van der Waals surface area contributed by atoms with Gasteiger partial charge in [-0.15, -0.1) is 16.4 Å². The summed E-state index contributed by atoms with van der Waals surface area (Å²) in [6, 6.07) is 24.7. The number of hydrogen-bond acceptors (Lipinski definition) is 5. The molecule has 0 fully saturated rings. The number of esters is 1. The van der Waals surface area contributed by atoms with Crippen LogP contribution in [0.4, 0.5) is 0 Å². The third kappa shape index (κ3) is 3.38. The Labute approximate surface area is 177 Å². The molecule has 5 rings (SSSR count). The molecular weight excluding hydrogens is 394 g/mol. The summed E-state index contributed by atoms with van der Waals surface area (Å²) < 4.78 is 7.52. The topological polar surface area (TPSA) is 56.5 Å². The molecule has 6 heteroatoms. The number of hydrogen-bond donors (Lipinski definition) is 0. The van der Waals surface area contributed by atoms with Crippen molar-refractivity contribution >= 4 is 22.3 Å². The fraction of sp³-hybridized carbons (Fsp3) is 0.0417. The van der Waals surface area contributed by atoms with E-state index in [4.69, 9.17) is 9.84 Å². The maximum Gasteiger partial charge on any atom is 0.343 e. The van der Waals surface area contributed by atoms with Crippen molar-refractivity contribution in [2.75, 3.05) is 0 Å². The number of ether oxygens (including phenoxy) is 1. The Kier molecular flexibility index (Phi) is 4.61. The predicted molar refractivity (Wildman–Crippen MR) is 118 cm³/mol. The van der Waals surface area contributed by atoms with E-state index >= 15 is 0 Å². The standard InChI is InChI=1S/C24H17N3O2S/c1-16-11-13-18(14-12-16)23(28)29-21-10-6-5-9-19(21)22-25-24-27(26-22)20(15-30-24)17-7-3-2-4-8-17/h2-15H,1H3. The number of fused-ring (bicyclic) bond motifs is 1. The summed E-state index contributed by atoms with van der Waals surface area (Å²) in [6.45, 7) is 1.98. The van der Waals surface area contributed by atoms with E-state index in [2.05, 4.69) is 4.98 Å². The third-order valence-corrected chi connectivity index (χ3v) is 5.59. The minimum Gasteiger partial charge on any atom is -0.422 e. The van der Waals surface area contributed by atoms with Gasteiger partial charge in [-0.2, -0.15) is 4.98 Å². The highest BCUT2D eigenvalue weighted by molar-refractivity contribution is 7.15. The maximum atomic E-state index is 12.6. The van der Waals surface area contributed by atoms with Crippen molar-refractivity contribution in [3.8, 4) is 28.4 Å². The molecule has 2 aromatic heterocycles. The number of benzene rings is 3. The van der Waals surface area contributed by atoms with Crippen molar-refractivity contribution in [3.05, 3.63) is 95.4 Å². The van der Waals surface area contributed by atoms with Crippen LogP contribution in [0.5, 0.6) is 5.75 Å². The molecule has 0 spiro atoms. The van der Waals surface area contributed by atoms with Gasteiger partial charge in [-0.3, -0.25) is 0 Å². The van der Waals surface area contributed by atoms with Crippen LogP contribution in [0.15, 0.2) is 84.2 Å². The monoisotopic (exact) mass is 411 g/mol. The van der Waals surface area contributed by atoms with E-state index < -0.39 is 5.97 Å². The highest BCUT2D eigenvalue weighted by atomic mass is 32.1. The minimum absolute atomic E-state index is 0.409. The number of thiazole rings is 1. The Morgan fingerprint density at radius 1 is 0.933 bits per heavy atom. The Hall–Kier alpha value is -3.77. The van der Waals surface area contributed by atoms with Gasteiger partial charge in [0.2, 0.25) is 4.96 Å². The van der Waals surface area contributed by atoms with Crippen molar-refractivity contribution in [1.82, 2.24) is 14.6 Å². The highest BCUT2D eigenvalue weighted by Gasteiger charge is 2.18. The van der Waals surface area contributed by atoms with Crippen LogP contribution in [0.2, 0.25) is 0 Å². The average Bonchev–Trinajstić information content (AvgIpc) is 3.36. The van der Waals surface area contributed by atoms with E-state index in [1.165, 1.54) is 11.3 Å². The van der Waals surface area contributed by atoms with E-state index in [-0.39, 0.29) is 0 Å². The zero-order chi connectivity index (χ0) is 20.5. The summed E-state index contributed by atoms with van der Waals surface area (Å²) in [5.74, 6) is 0.544. The highest BCUT2D eigenvalue weighted by Crippen LogP contribution is 2.31. The zero-order valence-electron chi connectivity index (χ0n) is 16.1. The summed E-state index contributed by atoms with van der Waals surface area (Å²) in [6.07, 6.45) is 0. The van der Waals surface area contributed by atoms with Gasteiger partial charge in [0, 0.05) is 10.9 Å². The second kappa shape index (κ2) is 7.57. The van der Waals surface area contributed by atoms with Gasteiger partial charge in [0.1, 0.15) is 5.75 Å². The molecule has 0 amide bonds. The molecular formula is C24H17N3O2S. The maximum absolute atomic E-state index is 12.6. The fourth-order valence-electron chi connectivity index (χ4n) is 3.19. The normalized spacial score (nSPS) is 11.0. The van der Waals surface area contributed by atoms with Crippen LogP contribution in [0, 0.1) is 6.92 Å². The average molecular weight is 411 g/mol. The third-order valence-electron chi connectivity index (χ3n) is 4.77. The second-order valence-electron chi connectivity index (χ2n) is 6.87. The smallest absolute Gasteiger partial charge is 0.343 e. The van der Waals surface area contributed by atoms with Crippen molar-refractivity contribution in [2.45, 2.75) is 6.92 Å². The molecule has 5 nitrogen and oxygen atoms in total. The number of carbonyl (C=O) groups is 1. The molecule has 0 atom stereocenters. The molecule has 0 unspecified atom stereocenters. The lowest BCUT2D eigenvalue weighted by atomic mass is 10.1.